The SMILES string of the molecule is COc1ccsc1C(N)CCC(F)(F)F. The number of methoxy groups -OCH3 is 1. The molecule has 0 amide bonds. The summed E-state index contributed by atoms with van der Waals surface area (Å²) in [7, 11) is 1.47. The Hall–Kier alpha value is -0.750. The van der Waals surface area contributed by atoms with E-state index in [1.165, 1.54) is 18.4 Å². The van der Waals surface area contributed by atoms with Crippen LogP contribution >= 0.6 is 11.3 Å². The Bertz CT molecular complexity index is 311. The van der Waals surface area contributed by atoms with Crippen LogP contribution in [0.1, 0.15) is 23.8 Å². The third kappa shape index (κ3) is 3.71. The fraction of sp³-hybridized carbons (Fsp3) is 0.556. The van der Waals surface area contributed by atoms with E-state index < -0.39 is 18.6 Å². The first kappa shape index (κ1) is 12.3. The zero-order valence-corrected chi connectivity index (χ0v) is 8.99. The van der Waals surface area contributed by atoms with Gasteiger partial charge in [-0.05, 0) is 17.9 Å². The van der Waals surface area contributed by atoms with Gasteiger partial charge in [0.2, 0.25) is 0 Å². The first-order chi connectivity index (χ1) is 6.94. The molecule has 0 aromatic carbocycles. The lowest BCUT2D eigenvalue weighted by molar-refractivity contribution is -0.136. The molecule has 1 aromatic rings. The maximum Gasteiger partial charge on any atom is 0.389 e. The lowest BCUT2D eigenvalue weighted by Crippen LogP contribution is -2.15. The standard InChI is InChI=1S/C9H12F3NOS/c1-14-7-3-5-15-8(7)6(13)2-4-9(10,11)12/h3,5-6H,2,4,13H2,1H3. The fourth-order valence-electron chi connectivity index (χ4n) is 1.20. The molecule has 1 aromatic heterocycles. The quantitative estimate of drug-likeness (QED) is 0.876. The summed E-state index contributed by atoms with van der Waals surface area (Å²) in [6.45, 7) is 0. The van der Waals surface area contributed by atoms with Crippen molar-refractivity contribution in [3.63, 3.8) is 0 Å². The molecule has 2 nitrogen and oxygen atoms in total. The largest absolute Gasteiger partial charge is 0.496 e. The highest BCUT2D eigenvalue weighted by molar-refractivity contribution is 7.10. The Morgan fingerprint density at radius 2 is 2.20 bits per heavy atom. The zero-order valence-electron chi connectivity index (χ0n) is 8.17. The van der Waals surface area contributed by atoms with Gasteiger partial charge in [-0.1, -0.05) is 0 Å². The summed E-state index contributed by atoms with van der Waals surface area (Å²) < 4.78 is 40.9. The number of rotatable bonds is 4. The van der Waals surface area contributed by atoms with Crippen LogP contribution in [0.3, 0.4) is 0 Å². The Morgan fingerprint density at radius 3 is 2.73 bits per heavy atom. The van der Waals surface area contributed by atoms with E-state index in [0.717, 1.165) is 0 Å². The van der Waals surface area contributed by atoms with Crippen molar-refractivity contribution in [3.8, 4) is 5.75 Å². The molecule has 6 heteroatoms. The van der Waals surface area contributed by atoms with Crippen LogP contribution in [0.4, 0.5) is 13.2 Å². The summed E-state index contributed by atoms with van der Waals surface area (Å²) in [4.78, 5) is 0.668. The van der Waals surface area contributed by atoms with Crippen LogP contribution in [0.25, 0.3) is 0 Å². The predicted molar refractivity (Wildman–Crippen MR) is 53.1 cm³/mol. The molecule has 86 valence electrons. The Morgan fingerprint density at radius 1 is 1.53 bits per heavy atom. The molecule has 0 aliphatic rings. The van der Waals surface area contributed by atoms with Gasteiger partial charge in [-0.3, -0.25) is 0 Å². The van der Waals surface area contributed by atoms with Gasteiger partial charge < -0.3 is 10.5 Å². The van der Waals surface area contributed by atoms with Crippen LogP contribution < -0.4 is 10.5 Å². The van der Waals surface area contributed by atoms with Gasteiger partial charge in [0.05, 0.1) is 12.0 Å². The molecule has 2 N–H and O–H groups in total. The topological polar surface area (TPSA) is 35.2 Å². The van der Waals surface area contributed by atoms with Crippen LogP contribution in [-0.4, -0.2) is 13.3 Å². The van der Waals surface area contributed by atoms with Gasteiger partial charge in [0, 0.05) is 12.5 Å². The number of thiophene rings is 1. The number of nitrogens with two attached hydrogens (primary N) is 1. The van der Waals surface area contributed by atoms with Crippen LogP contribution in [0, 0.1) is 0 Å². The van der Waals surface area contributed by atoms with Crippen LogP contribution in [-0.2, 0) is 0 Å². The fourth-order valence-corrected chi connectivity index (χ4v) is 2.10. The Kier molecular flexibility index (Phi) is 3.98. The van der Waals surface area contributed by atoms with Crippen molar-refractivity contribution in [2.75, 3.05) is 7.11 Å². The highest BCUT2D eigenvalue weighted by Crippen LogP contribution is 2.34. The van der Waals surface area contributed by atoms with Gasteiger partial charge in [-0.15, -0.1) is 11.3 Å². The second-order valence-corrected chi connectivity index (χ2v) is 4.06. The number of hydrogen-bond acceptors (Lipinski definition) is 3. The third-order valence-electron chi connectivity index (χ3n) is 1.95. The molecule has 1 atom stereocenters. The molecule has 0 aliphatic carbocycles. The van der Waals surface area contributed by atoms with E-state index in [4.69, 9.17) is 10.5 Å². The van der Waals surface area contributed by atoms with Crippen molar-refractivity contribution in [3.05, 3.63) is 16.3 Å². The number of hydrogen-bond donors (Lipinski definition) is 1. The second kappa shape index (κ2) is 4.85. The maximum atomic E-state index is 12.0. The summed E-state index contributed by atoms with van der Waals surface area (Å²) in [6, 6.07) is 1.09. The highest BCUT2D eigenvalue weighted by atomic mass is 32.1. The van der Waals surface area contributed by atoms with Gasteiger partial charge in [0.25, 0.3) is 0 Å². The summed E-state index contributed by atoms with van der Waals surface area (Å²) in [6.07, 6.45) is -5.13. The lowest BCUT2D eigenvalue weighted by atomic mass is 10.1. The van der Waals surface area contributed by atoms with E-state index in [2.05, 4.69) is 0 Å². The minimum absolute atomic E-state index is 0.111. The van der Waals surface area contributed by atoms with Gasteiger partial charge in [-0.2, -0.15) is 13.2 Å². The predicted octanol–water partition coefficient (Wildman–Crippen LogP) is 3.10. The van der Waals surface area contributed by atoms with E-state index in [-0.39, 0.29) is 6.42 Å². The van der Waals surface area contributed by atoms with E-state index in [1.54, 1.807) is 11.4 Å². The van der Waals surface area contributed by atoms with Crippen LogP contribution in [0.2, 0.25) is 0 Å². The zero-order chi connectivity index (χ0) is 11.5. The number of ether oxygens (including phenoxy) is 1. The Balaban J connectivity index is 2.57. The van der Waals surface area contributed by atoms with Crippen molar-refractivity contribution in [1.82, 2.24) is 0 Å². The molecular weight excluding hydrogens is 227 g/mol. The first-order valence-electron chi connectivity index (χ1n) is 4.37. The minimum atomic E-state index is -4.15. The van der Waals surface area contributed by atoms with Gasteiger partial charge in [0.1, 0.15) is 5.75 Å². The molecule has 0 saturated carbocycles. The van der Waals surface area contributed by atoms with Crippen molar-refractivity contribution in [2.45, 2.75) is 25.1 Å². The molecule has 0 radical (unpaired) electrons. The van der Waals surface area contributed by atoms with Crippen LogP contribution in [0.15, 0.2) is 11.4 Å². The molecule has 1 heterocycles. The van der Waals surface area contributed by atoms with Gasteiger partial charge in [0.15, 0.2) is 0 Å². The van der Waals surface area contributed by atoms with E-state index >= 15 is 0 Å². The Labute approximate surface area is 89.8 Å². The van der Waals surface area contributed by atoms with Gasteiger partial charge >= 0.3 is 6.18 Å². The normalized spacial score (nSPS) is 13.9. The molecule has 0 bridgehead atoms. The number of alkyl halides is 3. The monoisotopic (exact) mass is 239 g/mol. The minimum Gasteiger partial charge on any atom is -0.496 e. The maximum absolute atomic E-state index is 12.0. The molecule has 0 aliphatic heterocycles. The molecule has 0 saturated heterocycles. The van der Waals surface area contributed by atoms with E-state index in [1.807, 2.05) is 0 Å². The molecular formula is C9H12F3NOS. The number of halogens is 3. The van der Waals surface area contributed by atoms with Crippen molar-refractivity contribution in [1.29, 1.82) is 0 Å². The summed E-state index contributed by atoms with van der Waals surface area (Å²) in [5.41, 5.74) is 5.65. The average Bonchev–Trinajstić information content (AvgIpc) is 2.60. The summed E-state index contributed by atoms with van der Waals surface area (Å²) in [5.74, 6) is 0.565. The second-order valence-electron chi connectivity index (χ2n) is 3.11. The molecule has 0 fully saturated rings. The third-order valence-corrected chi connectivity index (χ3v) is 2.98. The lowest BCUT2D eigenvalue weighted by Gasteiger charge is -2.13. The van der Waals surface area contributed by atoms with Gasteiger partial charge in [-0.25, -0.2) is 0 Å². The van der Waals surface area contributed by atoms with E-state index in [0.29, 0.717) is 10.6 Å². The summed E-state index contributed by atoms with van der Waals surface area (Å²) in [5, 5.41) is 1.75. The van der Waals surface area contributed by atoms with Crippen molar-refractivity contribution in [2.24, 2.45) is 5.73 Å². The molecule has 0 spiro atoms. The van der Waals surface area contributed by atoms with Crippen molar-refractivity contribution >= 4 is 11.3 Å². The molecule has 15 heavy (non-hydrogen) atoms. The van der Waals surface area contributed by atoms with Crippen LogP contribution in [0.5, 0.6) is 5.75 Å². The highest BCUT2D eigenvalue weighted by Gasteiger charge is 2.28. The first-order valence-corrected chi connectivity index (χ1v) is 5.25. The smallest absolute Gasteiger partial charge is 0.389 e. The van der Waals surface area contributed by atoms with Crippen molar-refractivity contribution < 1.29 is 17.9 Å². The van der Waals surface area contributed by atoms with E-state index in [9.17, 15) is 13.2 Å². The summed E-state index contributed by atoms with van der Waals surface area (Å²) >= 11 is 1.32. The molecule has 1 rings (SSSR count). The average molecular weight is 239 g/mol. The molecule has 1 unspecified atom stereocenters.